The monoisotopic (exact) mass is 401 g/mol. The molecule has 1 amide bonds. The molecule has 1 N–H and O–H groups in total. The number of rotatable bonds is 9. The molecule has 0 spiro atoms. The second-order valence-electron chi connectivity index (χ2n) is 6.67. The number of hydrogen-bond donors (Lipinski definition) is 1. The van der Waals surface area contributed by atoms with Gasteiger partial charge in [0.25, 0.3) is 5.91 Å². The molecule has 154 valence electrons. The van der Waals surface area contributed by atoms with Gasteiger partial charge in [0, 0.05) is 5.56 Å². The summed E-state index contributed by atoms with van der Waals surface area (Å²) in [4.78, 5) is 37.2. The summed E-state index contributed by atoms with van der Waals surface area (Å²) in [6, 6.07) is 10.9. The molecule has 0 bridgehead atoms. The van der Waals surface area contributed by atoms with Crippen molar-refractivity contribution in [2.24, 2.45) is 5.92 Å². The number of nitrogens with one attached hydrogen (secondary N) is 1. The number of halogens is 1. The Morgan fingerprint density at radius 2 is 1.79 bits per heavy atom. The van der Waals surface area contributed by atoms with Gasteiger partial charge in [0.2, 0.25) is 0 Å². The summed E-state index contributed by atoms with van der Waals surface area (Å²) in [6.07, 6.45) is 0. The van der Waals surface area contributed by atoms with Crippen molar-refractivity contribution in [1.29, 1.82) is 0 Å². The maximum atomic E-state index is 13.2. The first-order valence-electron chi connectivity index (χ1n) is 9.31. The van der Waals surface area contributed by atoms with Crippen LogP contribution in [0, 0.1) is 11.7 Å². The van der Waals surface area contributed by atoms with E-state index in [4.69, 9.17) is 9.47 Å². The van der Waals surface area contributed by atoms with E-state index in [1.54, 1.807) is 45.0 Å². The van der Waals surface area contributed by atoms with Gasteiger partial charge in [0.15, 0.2) is 12.4 Å². The third-order valence-corrected chi connectivity index (χ3v) is 4.13. The zero-order valence-electron chi connectivity index (χ0n) is 16.6. The van der Waals surface area contributed by atoms with Crippen LogP contribution >= 0.6 is 0 Å². The van der Waals surface area contributed by atoms with E-state index in [9.17, 15) is 18.8 Å². The Labute approximate surface area is 169 Å². The first-order valence-corrected chi connectivity index (χ1v) is 9.31. The fourth-order valence-corrected chi connectivity index (χ4v) is 2.62. The van der Waals surface area contributed by atoms with Crippen LogP contribution in [0.4, 0.5) is 4.39 Å². The van der Waals surface area contributed by atoms with Crippen LogP contribution in [-0.4, -0.2) is 36.9 Å². The van der Waals surface area contributed by atoms with Gasteiger partial charge in [-0.25, -0.2) is 9.18 Å². The smallest absolute Gasteiger partial charge is 0.329 e. The number of carbonyl (C=O) groups is 3. The van der Waals surface area contributed by atoms with Crippen molar-refractivity contribution in [1.82, 2.24) is 5.32 Å². The molecule has 2 aromatic rings. The van der Waals surface area contributed by atoms with Crippen molar-refractivity contribution < 1.29 is 28.2 Å². The van der Waals surface area contributed by atoms with Gasteiger partial charge >= 0.3 is 5.97 Å². The number of Topliss-reactive ketones (excluding diaryl/α,β-unsaturated/α-hetero) is 1. The van der Waals surface area contributed by atoms with Crippen molar-refractivity contribution in [3.8, 4) is 5.75 Å². The largest absolute Gasteiger partial charge is 0.493 e. The Morgan fingerprint density at radius 1 is 1.07 bits per heavy atom. The Morgan fingerprint density at radius 3 is 2.45 bits per heavy atom. The fourth-order valence-electron chi connectivity index (χ4n) is 2.62. The summed E-state index contributed by atoms with van der Waals surface area (Å²) in [5.41, 5.74) is 0.400. The normalized spacial score (nSPS) is 11.6. The Kier molecular flexibility index (Phi) is 7.88. The third-order valence-electron chi connectivity index (χ3n) is 4.13. The summed E-state index contributed by atoms with van der Waals surface area (Å²) < 4.78 is 23.8. The predicted molar refractivity (Wildman–Crippen MR) is 105 cm³/mol. The summed E-state index contributed by atoms with van der Waals surface area (Å²) in [7, 11) is 0. The summed E-state index contributed by atoms with van der Waals surface area (Å²) in [6.45, 7) is 5.14. The van der Waals surface area contributed by atoms with E-state index >= 15 is 0 Å². The molecule has 7 heteroatoms. The van der Waals surface area contributed by atoms with Crippen molar-refractivity contribution in [2.45, 2.75) is 26.8 Å². The second kappa shape index (κ2) is 10.4. The summed E-state index contributed by atoms with van der Waals surface area (Å²) in [5.74, 6) is -2.19. The zero-order valence-corrected chi connectivity index (χ0v) is 16.6. The van der Waals surface area contributed by atoms with E-state index in [-0.39, 0.29) is 11.5 Å². The van der Waals surface area contributed by atoms with Crippen LogP contribution < -0.4 is 10.1 Å². The van der Waals surface area contributed by atoms with Crippen LogP contribution in [0.3, 0.4) is 0 Å². The lowest BCUT2D eigenvalue weighted by Crippen LogP contribution is -2.45. The van der Waals surface area contributed by atoms with Gasteiger partial charge < -0.3 is 14.8 Å². The molecule has 1 atom stereocenters. The van der Waals surface area contributed by atoms with Crippen LogP contribution in [0.2, 0.25) is 0 Å². The second-order valence-corrected chi connectivity index (χ2v) is 6.67. The van der Waals surface area contributed by atoms with E-state index in [0.29, 0.717) is 17.9 Å². The lowest BCUT2D eigenvalue weighted by molar-refractivity contribution is -0.145. The number of amides is 1. The van der Waals surface area contributed by atoms with E-state index in [1.165, 1.54) is 18.2 Å². The molecular formula is C22H24FNO5. The van der Waals surface area contributed by atoms with E-state index in [2.05, 4.69) is 5.32 Å². The van der Waals surface area contributed by atoms with Crippen molar-refractivity contribution in [3.05, 3.63) is 65.5 Å². The molecular weight excluding hydrogens is 377 g/mol. The molecule has 0 saturated carbocycles. The molecule has 0 aliphatic rings. The predicted octanol–water partition coefficient (Wildman–Crippen LogP) is 3.40. The number of para-hydroxylation sites is 1. The van der Waals surface area contributed by atoms with Gasteiger partial charge in [0.05, 0.1) is 12.2 Å². The van der Waals surface area contributed by atoms with Crippen LogP contribution in [0.5, 0.6) is 5.75 Å². The number of carbonyl (C=O) groups excluding carboxylic acids is 3. The number of benzene rings is 2. The Bertz CT molecular complexity index is 881. The molecule has 0 aliphatic heterocycles. The van der Waals surface area contributed by atoms with Crippen LogP contribution in [0.1, 0.15) is 41.5 Å². The van der Waals surface area contributed by atoms with E-state index < -0.39 is 36.1 Å². The molecule has 0 fully saturated rings. The fraction of sp³-hybridized carbons (Fsp3) is 0.318. The molecule has 0 saturated heterocycles. The van der Waals surface area contributed by atoms with Gasteiger partial charge in [-0.05, 0) is 37.1 Å². The van der Waals surface area contributed by atoms with Gasteiger partial charge in [0.1, 0.15) is 17.6 Å². The highest BCUT2D eigenvalue weighted by Gasteiger charge is 2.28. The first-order chi connectivity index (χ1) is 13.8. The molecule has 0 aromatic heterocycles. The number of hydrogen-bond acceptors (Lipinski definition) is 5. The zero-order chi connectivity index (χ0) is 21.4. The van der Waals surface area contributed by atoms with Crippen molar-refractivity contribution in [3.63, 3.8) is 0 Å². The molecule has 0 aliphatic carbocycles. The topological polar surface area (TPSA) is 81.7 Å². The maximum Gasteiger partial charge on any atom is 0.329 e. The molecule has 2 rings (SSSR count). The standard InChI is InChI=1S/C22H24FNO5/c1-4-28-19-11-6-5-10-17(19)21(26)24-20(14(2)3)22(27)29-13-18(25)15-8-7-9-16(23)12-15/h5-12,14,20H,4,13H2,1-3H3,(H,24,26)/t20-/m0/s1. The van der Waals surface area contributed by atoms with Crippen LogP contribution in [-0.2, 0) is 9.53 Å². The first kappa shape index (κ1) is 22.1. The average molecular weight is 401 g/mol. The molecule has 0 unspecified atom stereocenters. The number of esters is 1. The summed E-state index contributed by atoms with van der Waals surface area (Å²) >= 11 is 0. The highest BCUT2D eigenvalue weighted by Crippen LogP contribution is 2.18. The lowest BCUT2D eigenvalue weighted by Gasteiger charge is -2.21. The molecule has 0 radical (unpaired) electrons. The Hall–Kier alpha value is -3.22. The minimum atomic E-state index is -0.961. The molecule has 2 aromatic carbocycles. The molecule has 29 heavy (non-hydrogen) atoms. The number of ketones is 1. The summed E-state index contributed by atoms with van der Waals surface area (Å²) in [5, 5.41) is 2.64. The highest BCUT2D eigenvalue weighted by atomic mass is 19.1. The maximum absolute atomic E-state index is 13.2. The van der Waals surface area contributed by atoms with Gasteiger partial charge in [-0.15, -0.1) is 0 Å². The van der Waals surface area contributed by atoms with Crippen molar-refractivity contribution in [2.75, 3.05) is 13.2 Å². The minimum Gasteiger partial charge on any atom is -0.493 e. The van der Waals surface area contributed by atoms with E-state index in [0.717, 1.165) is 6.07 Å². The van der Waals surface area contributed by atoms with Crippen LogP contribution in [0.25, 0.3) is 0 Å². The highest BCUT2D eigenvalue weighted by molar-refractivity contribution is 6.00. The SMILES string of the molecule is CCOc1ccccc1C(=O)N[C@H](C(=O)OCC(=O)c1cccc(F)c1)C(C)C. The van der Waals surface area contributed by atoms with Crippen molar-refractivity contribution >= 4 is 17.7 Å². The molecule has 6 nitrogen and oxygen atoms in total. The average Bonchev–Trinajstić information content (AvgIpc) is 2.70. The van der Waals surface area contributed by atoms with Gasteiger partial charge in [-0.3, -0.25) is 9.59 Å². The van der Waals surface area contributed by atoms with Gasteiger partial charge in [-0.1, -0.05) is 38.1 Å². The lowest BCUT2D eigenvalue weighted by atomic mass is 10.0. The number of ether oxygens (including phenoxy) is 2. The minimum absolute atomic E-state index is 0.105. The quantitative estimate of drug-likeness (QED) is 0.514. The van der Waals surface area contributed by atoms with Gasteiger partial charge in [-0.2, -0.15) is 0 Å². The van der Waals surface area contributed by atoms with E-state index in [1.807, 2.05) is 0 Å². The Balaban J connectivity index is 2.04. The molecule has 0 heterocycles. The third kappa shape index (κ3) is 6.14. The van der Waals surface area contributed by atoms with Crippen LogP contribution in [0.15, 0.2) is 48.5 Å².